The Kier molecular flexibility index (Phi) is 3.93. The molecule has 0 aromatic carbocycles. The second-order valence-corrected chi connectivity index (χ2v) is 2.89. The van der Waals surface area contributed by atoms with Gasteiger partial charge in [0.25, 0.3) is 0 Å². The summed E-state index contributed by atoms with van der Waals surface area (Å²) in [7, 11) is 1.73. The highest BCUT2D eigenvalue weighted by Gasteiger charge is 1.97. The number of thiocarbonyl (C=S) groups is 1. The predicted molar refractivity (Wildman–Crippen MR) is 59.0 cm³/mol. The van der Waals surface area contributed by atoms with E-state index in [9.17, 15) is 0 Å². The summed E-state index contributed by atoms with van der Waals surface area (Å²) in [5.41, 5.74) is 4.20. The van der Waals surface area contributed by atoms with Crippen LogP contribution < -0.4 is 10.7 Å². The minimum absolute atomic E-state index is 0.471. The zero-order chi connectivity index (χ0) is 10.4. The number of hydrogen-bond donors (Lipinski definition) is 2. The van der Waals surface area contributed by atoms with Gasteiger partial charge in [0.15, 0.2) is 5.11 Å². The lowest BCUT2D eigenvalue weighted by molar-refractivity contribution is 0.970. The molecule has 0 spiro atoms. The summed E-state index contributed by atoms with van der Waals surface area (Å²) in [4.78, 5) is 7.85. The smallest absolute Gasteiger partial charge is 0.186 e. The number of nitrogens with zero attached hydrogens (tertiary/aromatic N) is 3. The van der Waals surface area contributed by atoms with Crippen LogP contribution in [0.4, 0.5) is 0 Å². The summed E-state index contributed by atoms with van der Waals surface area (Å²) in [6, 6.07) is 1.78. The van der Waals surface area contributed by atoms with Gasteiger partial charge in [-0.05, 0) is 25.2 Å². The fraction of sp³-hybridized carbons (Fsp3) is 0.250. The SMILES string of the molecule is CNC(=S)N/N=C(/C)c1ccncn1. The fourth-order valence-electron chi connectivity index (χ4n) is 0.753. The van der Waals surface area contributed by atoms with E-state index in [2.05, 4.69) is 25.8 Å². The van der Waals surface area contributed by atoms with Crippen molar-refractivity contribution in [3.8, 4) is 0 Å². The Morgan fingerprint density at radius 1 is 1.57 bits per heavy atom. The van der Waals surface area contributed by atoms with Gasteiger partial charge >= 0.3 is 0 Å². The van der Waals surface area contributed by atoms with Crippen LogP contribution in [0, 0.1) is 0 Å². The Morgan fingerprint density at radius 3 is 2.93 bits per heavy atom. The number of nitrogens with one attached hydrogen (secondary N) is 2. The summed E-state index contributed by atoms with van der Waals surface area (Å²) in [6.07, 6.45) is 3.14. The highest BCUT2D eigenvalue weighted by atomic mass is 32.1. The Hall–Kier alpha value is -1.56. The molecule has 14 heavy (non-hydrogen) atoms. The zero-order valence-electron chi connectivity index (χ0n) is 7.98. The average molecular weight is 209 g/mol. The van der Waals surface area contributed by atoms with Crippen LogP contribution in [0.2, 0.25) is 0 Å². The molecule has 0 amide bonds. The third-order valence-corrected chi connectivity index (χ3v) is 1.80. The normalized spacial score (nSPS) is 10.9. The molecule has 1 aromatic rings. The van der Waals surface area contributed by atoms with E-state index >= 15 is 0 Å². The first-order valence-corrected chi connectivity index (χ1v) is 4.43. The van der Waals surface area contributed by atoms with Crippen LogP contribution in [0.3, 0.4) is 0 Å². The summed E-state index contributed by atoms with van der Waals surface area (Å²) in [6.45, 7) is 1.84. The first kappa shape index (κ1) is 10.5. The molecular weight excluding hydrogens is 198 g/mol. The van der Waals surface area contributed by atoms with E-state index in [0.29, 0.717) is 5.11 Å². The van der Waals surface area contributed by atoms with Gasteiger partial charge in [-0.1, -0.05) is 0 Å². The van der Waals surface area contributed by atoms with E-state index in [1.807, 2.05) is 6.92 Å². The lowest BCUT2D eigenvalue weighted by Crippen LogP contribution is -2.29. The Morgan fingerprint density at radius 2 is 2.36 bits per heavy atom. The second-order valence-electron chi connectivity index (χ2n) is 2.48. The largest absolute Gasteiger partial charge is 0.364 e. The molecule has 0 aliphatic heterocycles. The zero-order valence-corrected chi connectivity index (χ0v) is 8.80. The maximum Gasteiger partial charge on any atom is 0.186 e. The monoisotopic (exact) mass is 209 g/mol. The van der Waals surface area contributed by atoms with Crippen molar-refractivity contribution in [1.82, 2.24) is 20.7 Å². The second kappa shape index (κ2) is 5.23. The van der Waals surface area contributed by atoms with Crippen LogP contribution in [0.25, 0.3) is 0 Å². The van der Waals surface area contributed by atoms with Crippen LogP contribution in [0.1, 0.15) is 12.6 Å². The molecule has 0 atom stereocenters. The maximum absolute atomic E-state index is 4.86. The minimum Gasteiger partial charge on any atom is -0.364 e. The summed E-state index contributed by atoms with van der Waals surface area (Å²) < 4.78 is 0. The molecule has 2 N–H and O–H groups in total. The molecule has 1 aromatic heterocycles. The topological polar surface area (TPSA) is 62.2 Å². The molecule has 0 aliphatic carbocycles. The van der Waals surface area contributed by atoms with Crippen LogP contribution >= 0.6 is 12.2 Å². The minimum atomic E-state index is 0.471. The van der Waals surface area contributed by atoms with Crippen molar-refractivity contribution >= 4 is 23.0 Å². The fourth-order valence-corrected chi connectivity index (χ4v) is 0.798. The van der Waals surface area contributed by atoms with Crippen molar-refractivity contribution in [3.05, 3.63) is 24.3 Å². The number of rotatable bonds is 2. The standard InChI is InChI=1S/C8H11N5S/c1-6(12-13-8(14)9-2)7-3-4-10-5-11-7/h3-5H,1-2H3,(H2,9,13,14)/b12-6-. The van der Waals surface area contributed by atoms with Gasteiger partial charge in [-0.25, -0.2) is 9.97 Å². The first-order chi connectivity index (χ1) is 6.74. The van der Waals surface area contributed by atoms with E-state index in [0.717, 1.165) is 11.4 Å². The predicted octanol–water partition coefficient (Wildman–Crippen LogP) is 0.294. The van der Waals surface area contributed by atoms with E-state index in [1.165, 1.54) is 6.33 Å². The maximum atomic E-state index is 4.86. The quantitative estimate of drug-likeness (QED) is 0.416. The van der Waals surface area contributed by atoms with E-state index in [-0.39, 0.29) is 0 Å². The molecule has 0 fully saturated rings. The van der Waals surface area contributed by atoms with Gasteiger partial charge in [-0.2, -0.15) is 5.10 Å². The summed E-state index contributed by atoms with van der Waals surface area (Å²) in [5.74, 6) is 0. The Bertz CT molecular complexity index is 335. The number of hydrazone groups is 1. The van der Waals surface area contributed by atoms with Gasteiger partial charge in [0.1, 0.15) is 6.33 Å². The molecule has 1 heterocycles. The van der Waals surface area contributed by atoms with Crippen molar-refractivity contribution in [1.29, 1.82) is 0 Å². The lowest BCUT2D eigenvalue weighted by Gasteiger charge is -2.02. The molecule has 5 nitrogen and oxygen atoms in total. The molecule has 6 heteroatoms. The lowest BCUT2D eigenvalue weighted by atomic mass is 10.3. The third-order valence-electron chi connectivity index (χ3n) is 1.50. The van der Waals surface area contributed by atoms with Crippen molar-refractivity contribution in [2.45, 2.75) is 6.92 Å². The van der Waals surface area contributed by atoms with Gasteiger partial charge in [0, 0.05) is 13.2 Å². The molecule has 1 rings (SSSR count). The van der Waals surface area contributed by atoms with Crippen molar-refractivity contribution in [3.63, 3.8) is 0 Å². The van der Waals surface area contributed by atoms with Crippen LogP contribution in [0.15, 0.2) is 23.7 Å². The van der Waals surface area contributed by atoms with Crippen molar-refractivity contribution in [2.75, 3.05) is 7.05 Å². The molecule has 0 saturated heterocycles. The molecular formula is C8H11N5S. The third kappa shape index (κ3) is 3.06. The Labute approximate surface area is 87.7 Å². The highest BCUT2D eigenvalue weighted by Crippen LogP contribution is 1.92. The van der Waals surface area contributed by atoms with Crippen LogP contribution in [-0.4, -0.2) is 27.8 Å². The molecule has 0 radical (unpaired) electrons. The molecule has 0 unspecified atom stereocenters. The number of hydrogen-bond acceptors (Lipinski definition) is 4. The van der Waals surface area contributed by atoms with Gasteiger partial charge in [0.2, 0.25) is 0 Å². The van der Waals surface area contributed by atoms with Gasteiger partial charge in [-0.3, -0.25) is 5.43 Å². The van der Waals surface area contributed by atoms with Crippen LogP contribution in [0.5, 0.6) is 0 Å². The molecule has 0 aliphatic rings. The average Bonchev–Trinajstić information content (AvgIpc) is 2.26. The van der Waals surface area contributed by atoms with Gasteiger partial charge in [-0.15, -0.1) is 0 Å². The van der Waals surface area contributed by atoms with Crippen LogP contribution in [-0.2, 0) is 0 Å². The van der Waals surface area contributed by atoms with E-state index in [1.54, 1.807) is 19.3 Å². The highest BCUT2D eigenvalue weighted by molar-refractivity contribution is 7.80. The van der Waals surface area contributed by atoms with E-state index < -0.39 is 0 Å². The Balaban J connectivity index is 2.66. The summed E-state index contributed by atoms with van der Waals surface area (Å²) >= 11 is 4.86. The first-order valence-electron chi connectivity index (χ1n) is 4.02. The number of aromatic nitrogens is 2. The van der Waals surface area contributed by atoms with E-state index in [4.69, 9.17) is 12.2 Å². The molecule has 0 bridgehead atoms. The summed E-state index contributed by atoms with van der Waals surface area (Å²) in [5, 5.41) is 7.26. The van der Waals surface area contributed by atoms with Crippen molar-refractivity contribution in [2.24, 2.45) is 5.10 Å². The molecule has 74 valence electrons. The van der Waals surface area contributed by atoms with Gasteiger partial charge in [0.05, 0.1) is 11.4 Å². The van der Waals surface area contributed by atoms with Crippen molar-refractivity contribution < 1.29 is 0 Å². The van der Waals surface area contributed by atoms with Gasteiger partial charge < -0.3 is 5.32 Å². The molecule has 0 saturated carbocycles.